The predicted octanol–water partition coefficient (Wildman–Crippen LogP) is 0.0333. The summed E-state index contributed by atoms with van der Waals surface area (Å²) in [5.41, 5.74) is 1.08. The Hall–Kier alpha value is -1.34. The molecule has 0 radical (unpaired) electrons. The lowest BCUT2D eigenvalue weighted by Gasteiger charge is -1.99. The van der Waals surface area contributed by atoms with Crippen LogP contribution in [0.1, 0.15) is 5.69 Å². The fourth-order valence-corrected chi connectivity index (χ4v) is 0.821. The smallest absolute Gasteiger partial charge is 0.0844 e. The molecule has 1 N–H and O–H groups in total. The van der Waals surface area contributed by atoms with Crippen LogP contribution in [0, 0.1) is 11.3 Å². The molecule has 0 aliphatic heterocycles. The second-order valence-electron chi connectivity index (χ2n) is 2.21. The lowest BCUT2D eigenvalue weighted by atomic mass is 10.4. The van der Waals surface area contributed by atoms with Crippen molar-refractivity contribution >= 4 is 0 Å². The van der Waals surface area contributed by atoms with Crippen molar-refractivity contribution in [3.8, 4) is 6.07 Å². The summed E-state index contributed by atoms with van der Waals surface area (Å²) in [5, 5.41) is 15.2. The van der Waals surface area contributed by atoms with E-state index >= 15 is 0 Å². The second-order valence-corrected chi connectivity index (χ2v) is 2.21. The minimum absolute atomic E-state index is 0.380. The third-order valence-corrected chi connectivity index (χ3v) is 1.43. The van der Waals surface area contributed by atoms with E-state index in [1.807, 2.05) is 19.2 Å². The molecule has 1 rings (SSSR count). The maximum absolute atomic E-state index is 8.23. The van der Waals surface area contributed by atoms with Crippen LogP contribution in [0.15, 0.2) is 12.3 Å². The van der Waals surface area contributed by atoms with Crippen molar-refractivity contribution < 1.29 is 0 Å². The van der Waals surface area contributed by atoms with Crippen LogP contribution < -0.4 is 5.32 Å². The first kappa shape index (κ1) is 7.76. The topological polar surface area (TPSA) is 53.6 Å². The third-order valence-electron chi connectivity index (χ3n) is 1.43. The number of aryl methyl sites for hydroxylation is 1. The first-order valence-corrected chi connectivity index (χ1v) is 3.39. The Kier molecular flexibility index (Phi) is 2.64. The van der Waals surface area contributed by atoms with Crippen LogP contribution in [0.5, 0.6) is 0 Å². The second kappa shape index (κ2) is 3.74. The standard InChI is InChI=1S/C7H10N4/c1-11-7(2-4-10-11)6-9-5-3-8/h2,4,9H,5-6H2,1H3. The molecule has 0 saturated heterocycles. The van der Waals surface area contributed by atoms with Gasteiger partial charge in [-0.3, -0.25) is 10.00 Å². The van der Waals surface area contributed by atoms with Crippen LogP contribution in [-0.2, 0) is 13.6 Å². The van der Waals surface area contributed by atoms with E-state index < -0.39 is 0 Å². The summed E-state index contributed by atoms with van der Waals surface area (Å²) in [6.45, 7) is 1.08. The molecule has 58 valence electrons. The summed E-state index contributed by atoms with van der Waals surface area (Å²) in [6.07, 6.45) is 1.74. The average molecular weight is 150 g/mol. The van der Waals surface area contributed by atoms with Crippen molar-refractivity contribution in [1.82, 2.24) is 15.1 Å². The molecule has 0 aliphatic carbocycles. The van der Waals surface area contributed by atoms with Gasteiger partial charge in [0.15, 0.2) is 0 Å². The fourth-order valence-electron chi connectivity index (χ4n) is 0.821. The zero-order valence-electron chi connectivity index (χ0n) is 6.41. The predicted molar refractivity (Wildman–Crippen MR) is 40.5 cm³/mol. The molecule has 4 nitrogen and oxygen atoms in total. The molecule has 0 aliphatic rings. The Labute approximate surface area is 65.4 Å². The maximum Gasteiger partial charge on any atom is 0.0844 e. The monoisotopic (exact) mass is 150 g/mol. The van der Waals surface area contributed by atoms with E-state index in [1.54, 1.807) is 10.9 Å². The Morgan fingerprint density at radius 2 is 2.64 bits per heavy atom. The Bertz CT molecular complexity index is 258. The third kappa shape index (κ3) is 2.06. The largest absolute Gasteiger partial charge is 0.299 e. The van der Waals surface area contributed by atoms with Crippen molar-refractivity contribution in [3.05, 3.63) is 18.0 Å². The summed E-state index contributed by atoms with van der Waals surface area (Å²) in [7, 11) is 1.88. The van der Waals surface area contributed by atoms with Gasteiger partial charge >= 0.3 is 0 Å². The molecule has 1 aromatic heterocycles. The highest BCUT2D eigenvalue weighted by Gasteiger charge is 1.95. The number of aromatic nitrogens is 2. The molecule has 1 heterocycles. The van der Waals surface area contributed by atoms with Crippen LogP contribution in [0.3, 0.4) is 0 Å². The van der Waals surface area contributed by atoms with E-state index in [1.165, 1.54) is 0 Å². The maximum atomic E-state index is 8.23. The van der Waals surface area contributed by atoms with Gasteiger partial charge in [0.1, 0.15) is 0 Å². The average Bonchev–Trinajstić information content (AvgIpc) is 2.37. The van der Waals surface area contributed by atoms with Gasteiger partial charge < -0.3 is 0 Å². The Balaban J connectivity index is 2.40. The van der Waals surface area contributed by atoms with Crippen LogP contribution >= 0.6 is 0 Å². The summed E-state index contributed by atoms with van der Waals surface area (Å²) in [5.74, 6) is 0. The van der Waals surface area contributed by atoms with Gasteiger partial charge in [0.25, 0.3) is 0 Å². The highest BCUT2D eigenvalue weighted by atomic mass is 15.3. The van der Waals surface area contributed by atoms with Gasteiger partial charge in [-0.25, -0.2) is 0 Å². The summed E-state index contributed by atoms with van der Waals surface area (Å²) in [4.78, 5) is 0. The fraction of sp³-hybridized carbons (Fsp3) is 0.429. The van der Waals surface area contributed by atoms with E-state index in [0.717, 1.165) is 5.69 Å². The molecule has 11 heavy (non-hydrogen) atoms. The van der Waals surface area contributed by atoms with E-state index in [0.29, 0.717) is 13.1 Å². The molecule has 0 aromatic carbocycles. The minimum atomic E-state index is 0.380. The van der Waals surface area contributed by atoms with Gasteiger partial charge in [-0.05, 0) is 6.07 Å². The van der Waals surface area contributed by atoms with Crippen molar-refractivity contribution in [2.24, 2.45) is 7.05 Å². The molecular weight excluding hydrogens is 140 g/mol. The Morgan fingerprint density at radius 3 is 3.18 bits per heavy atom. The zero-order chi connectivity index (χ0) is 8.10. The lowest BCUT2D eigenvalue weighted by Crippen LogP contribution is -2.15. The number of nitriles is 1. The highest BCUT2D eigenvalue weighted by molar-refractivity contribution is 4.99. The Morgan fingerprint density at radius 1 is 1.82 bits per heavy atom. The quantitative estimate of drug-likeness (QED) is 0.488. The molecule has 0 amide bonds. The molecule has 0 bridgehead atoms. The number of rotatable bonds is 3. The van der Waals surface area contributed by atoms with Crippen LogP contribution in [0.2, 0.25) is 0 Å². The molecule has 0 unspecified atom stereocenters. The van der Waals surface area contributed by atoms with Gasteiger partial charge in [-0.1, -0.05) is 0 Å². The number of hydrogen-bond donors (Lipinski definition) is 1. The van der Waals surface area contributed by atoms with E-state index in [2.05, 4.69) is 10.4 Å². The van der Waals surface area contributed by atoms with E-state index in [-0.39, 0.29) is 0 Å². The molecule has 0 saturated carbocycles. The number of nitrogens with zero attached hydrogens (tertiary/aromatic N) is 3. The molecule has 0 spiro atoms. The van der Waals surface area contributed by atoms with Crippen molar-refractivity contribution in [2.45, 2.75) is 6.54 Å². The van der Waals surface area contributed by atoms with Gasteiger partial charge in [0, 0.05) is 19.8 Å². The van der Waals surface area contributed by atoms with Crippen molar-refractivity contribution in [2.75, 3.05) is 6.54 Å². The molecular formula is C7H10N4. The van der Waals surface area contributed by atoms with Crippen LogP contribution in [-0.4, -0.2) is 16.3 Å². The molecule has 0 atom stereocenters. The van der Waals surface area contributed by atoms with Crippen LogP contribution in [0.25, 0.3) is 0 Å². The first-order valence-electron chi connectivity index (χ1n) is 3.39. The highest BCUT2D eigenvalue weighted by Crippen LogP contribution is 1.93. The van der Waals surface area contributed by atoms with Crippen LogP contribution in [0.4, 0.5) is 0 Å². The molecule has 4 heteroatoms. The van der Waals surface area contributed by atoms with Crippen molar-refractivity contribution in [3.63, 3.8) is 0 Å². The SMILES string of the molecule is Cn1nccc1CNCC#N. The number of nitrogens with one attached hydrogen (secondary N) is 1. The first-order chi connectivity index (χ1) is 5.34. The lowest BCUT2D eigenvalue weighted by molar-refractivity contribution is 0.657. The summed E-state index contributed by atoms with van der Waals surface area (Å²) < 4.78 is 1.78. The normalized spacial score (nSPS) is 9.45. The van der Waals surface area contributed by atoms with Gasteiger partial charge in [-0.2, -0.15) is 10.4 Å². The minimum Gasteiger partial charge on any atom is -0.299 e. The van der Waals surface area contributed by atoms with E-state index in [4.69, 9.17) is 5.26 Å². The summed E-state index contributed by atoms with van der Waals surface area (Å²) >= 11 is 0. The molecule has 1 aromatic rings. The van der Waals surface area contributed by atoms with Crippen molar-refractivity contribution in [1.29, 1.82) is 5.26 Å². The zero-order valence-corrected chi connectivity index (χ0v) is 6.41. The van der Waals surface area contributed by atoms with Gasteiger partial charge in [0.05, 0.1) is 18.3 Å². The summed E-state index contributed by atoms with van der Waals surface area (Å²) in [6, 6.07) is 3.93. The van der Waals surface area contributed by atoms with Gasteiger partial charge in [-0.15, -0.1) is 0 Å². The number of hydrogen-bond acceptors (Lipinski definition) is 3. The van der Waals surface area contributed by atoms with Gasteiger partial charge in [0.2, 0.25) is 0 Å². The van der Waals surface area contributed by atoms with E-state index in [9.17, 15) is 0 Å². The molecule has 0 fully saturated rings.